The molecule has 6 nitrogen and oxygen atoms in total. The van der Waals surface area contributed by atoms with Crippen LogP contribution < -0.4 is 5.32 Å². The highest BCUT2D eigenvalue weighted by atomic mass is 35.5. The number of aryl methyl sites for hydroxylation is 1. The lowest BCUT2D eigenvalue weighted by Crippen LogP contribution is -2.22. The molecule has 0 bridgehead atoms. The van der Waals surface area contributed by atoms with Crippen LogP contribution in [0.2, 0.25) is 5.15 Å². The SMILES string of the molecule is CCCc1oc2c(NCc3ccco3)cc(Cl)nc2c1C(=O)N(C)C. The number of nitrogens with zero attached hydrogens (tertiary/aromatic N) is 2. The number of nitrogens with one attached hydrogen (secondary N) is 1. The summed E-state index contributed by atoms with van der Waals surface area (Å²) < 4.78 is 11.3. The van der Waals surface area contributed by atoms with Gasteiger partial charge in [-0.15, -0.1) is 0 Å². The van der Waals surface area contributed by atoms with Gasteiger partial charge in [-0.3, -0.25) is 4.79 Å². The number of carbonyl (C=O) groups excluding carboxylic acids is 1. The summed E-state index contributed by atoms with van der Waals surface area (Å²) in [6.45, 7) is 2.51. The summed E-state index contributed by atoms with van der Waals surface area (Å²) in [5.41, 5.74) is 2.17. The van der Waals surface area contributed by atoms with Gasteiger partial charge in [-0.1, -0.05) is 18.5 Å². The molecule has 3 rings (SSSR count). The minimum atomic E-state index is -0.144. The molecule has 25 heavy (non-hydrogen) atoms. The van der Waals surface area contributed by atoms with Gasteiger partial charge in [0, 0.05) is 26.6 Å². The van der Waals surface area contributed by atoms with Gasteiger partial charge in [0.25, 0.3) is 5.91 Å². The molecular weight excluding hydrogens is 342 g/mol. The maximum atomic E-state index is 12.6. The Morgan fingerprint density at radius 3 is 2.84 bits per heavy atom. The molecule has 0 aliphatic carbocycles. The van der Waals surface area contributed by atoms with Crippen LogP contribution in [0.1, 0.15) is 35.2 Å². The van der Waals surface area contributed by atoms with Gasteiger partial charge in [-0.25, -0.2) is 4.98 Å². The number of anilines is 1. The lowest BCUT2D eigenvalue weighted by molar-refractivity contribution is 0.0827. The molecule has 0 spiro atoms. The molecular formula is C18H20ClN3O3. The fraction of sp³-hybridized carbons (Fsp3) is 0.333. The first-order valence-electron chi connectivity index (χ1n) is 8.11. The van der Waals surface area contributed by atoms with Crippen molar-refractivity contribution in [3.05, 3.63) is 46.7 Å². The van der Waals surface area contributed by atoms with Crippen LogP contribution in [0.25, 0.3) is 11.1 Å². The molecule has 1 N–H and O–H groups in total. The quantitative estimate of drug-likeness (QED) is 0.661. The van der Waals surface area contributed by atoms with E-state index in [4.69, 9.17) is 20.4 Å². The number of aromatic nitrogens is 1. The number of halogens is 1. The average Bonchev–Trinajstić information content (AvgIpc) is 3.19. The van der Waals surface area contributed by atoms with Crippen molar-refractivity contribution in [1.82, 2.24) is 9.88 Å². The molecule has 0 aliphatic heterocycles. The molecule has 3 aromatic heterocycles. The second-order valence-electron chi connectivity index (χ2n) is 5.95. The van der Waals surface area contributed by atoms with E-state index in [1.165, 1.54) is 4.90 Å². The summed E-state index contributed by atoms with van der Waals surface area (Å²) in [4.78, 5) is 18.5. The number of carbonyl (C=O) groups is 1. The van der Waals surface area contributed by atoms with Crippen molar-refractivity contribution in [2.24, 2.45) is 0 Å². The lowest BCUT2D eigenvalue weighted by atomic mass is 10.1. The Labute approximate surface area is 150 Å². The number of pyridine rings is 1. The third-order valence-electron chi connectivity index (χ3n) is 3.81. The van der Waals surface area contributed by atoms with E-state index >= 15 is 0 Å². The highest BCUT2D eigenvalue weighted by Crippen LogP contribution is 2.33. The van der Waals surface area contributed by atoms with E-state index in [-0.39, 0.29) is 5.91 Å². The lowest BCUT2D eigenvalue weighted by Gasteiger charge is -2.10. The molecule has 0 unspecified atom stereocenters. The first-order valence-corrected chi connectivity index (χ1v) is 8.48. The molecule has 1 amide bonds. The molecule has 0 aliphatic rings. The first-order chi connectivity index (χ1) is 12.0. The largest absolute Gasteiger partial charge is 0.467 e. The number of rotatable bonds is 6. The normalized spacial score (nSPS) is 11.0. The van der Waals surface area contributed by atoms with Crippen molar-refractivity contribution < 1.29 is 13.6 Å². The van der Waals surface area contributed by atoms with Crippen molar-refractivity contribution in [3.63, 3.8) is 0 Å². The number of hydrogen-bond acceptors (Lipinski definition) is 5. The maximum absolute atomic E-state index is 12.6. The fourth-order valence-electron chi connectivity index (χ4n) is 2.66. The first kappa shape index (κ1) is 17.4. The van der Waals surface area contributed by atoms with E-state index in [1.54, 1.807) is 26.4 Å². The van der Waals surface area contributed by atoms with Gasteiger partial charge in [-0.05, 0) is 18.6 Å². The predicted molar refractivity (Wildman–Crippen MR) is 97.1 cm³/mol. The third-order valence-corrected chi connectivity index (χ3v) is 4.01. The second-order valence-corrected chi connectivity index (χ2v) is 6.34. The Kier molecular flexibility index (Phi) is 4.99. The van der Waals surface area contributed by atoms with E-state index in [0.29, 0.717) is 46.2 Å². The summed E-state index contributed by atoms with van der Waals surface area (Å²) in [5, 5.41) is 3.54. The second kappa shape index (κ2) is 7.19. The monoisotopic (exact) mass is 361 g/mol. The molecule has 0 aromatic carbocycles. The van der Waals surface area contributed by atoms with Crippen LogP contribution >= 0.6 is 11.6 Å². The predicted octanol–water partition coefficient (Wildman–Crippen LogP) is 4.34. The smallest absolute Gasteiger partial charge is 0.259 e. The zero-order chi connectivity index (χ0) is 18.0. The Balaban J connectivity index is 2.09. The minimum absolute atomic E-state index is 0.144. The summed E-state index contributed by atoms with van der Waals surface area (Å²) in [6, 6.07) is 5.39. The van der Waals surface area contributed by atoms with Gasteiger partial charge < -0.3 is 19.1 Å². The highest BCUT2D eigenvalue weighted by molar-refractivity contribution is 6.30. The maximum Gasteiger partial charge on any atom is 0.259 e. The minimum Gasteiger partial charge on any atom is -0.467 e. The van der Waals surface area contributed by atoms with Gasteiger partial charge in [-0.2, -0.15) is 0 Å². The molecule has 0 fully saturated rings. The Hall–Kier alpha value is -2.47. The van der Waals surface area contributed by atoms with Crippen LogP contribution in [-0.4, -0.2) is 29.9 Å². The van der Waals surface area contributed by atoms with Crippen molar-refractivity contribution in [2.45, 2.75) is 26.3 Å². The van der Waals surface area contributed by atoms with E-state index in [9.17, 15) is 4.79 Å². The Bertz CT molecular complexity index is 885. The fourth-order valence-corrected chi connectivity index (χ4v) is 2.85. The Morgan fingerprint density at radius 2 is 2.20 bits per heavy atom. The average molecular weight is 362 g/mol. The number of hydrogen-bond donors (Lipinski definition) is 1. The summed E-state index contributed by atoms with van der Waals surface area (Å²) in [6.07, 6.45) is 3.13. The van der Waals surface area contributed by atoms with E-state index < -0.39 is 0 Å². The van der Waals surface area contributed by atoms with Gasteiger partial charge in [0.2, 0.25) is 0 Å². The van der Waals surface area contributed by atoms with Crippen molar-refractivity contribution >= 4 is 34.3 Å². The topological polar surface area (TPSA) is 71.5 Å². The van der Waals surface area contributed by atoms with Gasteiger partial charge >= 0.3 is 0 Å². The number of amides is 1. The van der Waals surface area contributed by atoms with Crippen LogP contribution in [0.3, 0.4) is 0 Å². The zero-order valence-corrected chi connectivity index (χ0v) is 15.2. The zero-order valence-electron chi connectivity index (χ0n) is 14.4. The molecule has 0 radical (unpaired) electrons. The molecule has 0 atom stereocenters. The highest BCUT2D eigenvalue weighted by Gasteiger charge is 2.25. The van der Waals surface area contributed by atoms with E-state index in [0.717, 1.165) is 12.2 Å². The molecule has 132 valence electrons. The van der Waals surface area contributed by atoms with Crippen LogP contribution in [0.4, 0.5) is 5.69 Å². The van der Waals surface area contributed by atoms with E-state index in [1.807, 2.05) is 19.1 Å². The van der Waals surface area contributed by atoms with Gasteiger partial charge in [0.1, 0.15) is 27.8 Å². The number of fused-ring (bicyclic) bond motifs is 1. The summed E-state index contributed by atoms with van der Waals surface area (Å²) >= 11 is 6.19. The van der Waals surface area contributed by atoms with Gasteiger partial charge in [0.05, 0.1) is 18.5 Å². The molecule has 7 heteroatoms. The number of furan rings is 2. The van der Waals surface area contributed by atoms with Crippen molar-refractivity contribution in [3.8, 4) is 0 Å². The third kappa shape index (κ3) is 3.49. The van der Waals surface area contributed by atoms with Crippen molar-refractivity contribution in [2.75, 3.05) is 19.4 Å². The Morgan fingerprint density at radius 1 is 1.40 bits per heavy atom. The van der Waals surface area contributed by atoms with Crippen LogP contribution in [0.15, 0.2) is 33.3 Å². The van der Waals surface area contributed by atoms with E-state index in [2.05, 4.69) is 10.3 Å². The summed E-state index contributed by atoms with van der Waals surface area (Å²) in [5.74, 6) is 1.27. The molecule has 0 saturated carbocycles. The van der Waals surface area contributed by atoms with Crippen LogP contribution in [-0.2, 0) is 13.0 Å². The summed E-state index contributed by atoms with van der Waals surface area (Å²) in [7, 11) is 3.41. The van der Waals surface area contributed by atoms with Crippen LogP contribution in [0, 0.1) is 0 Å². The molecule has 0 saturated heterocycles. The standard InChI is InChI=1S/C18H20ClN3O3/c1-4-6-13-15(18(23)22(2)3)16-17(25-13)12(9-14(19)21-16)20-10-11-7-5-8-24-11/h5,7-9H,4,6,10H2,1-3H3,(H,20,21). The van der Waals surface area contributed by atoms with Crippen molar-refractivity contribution in [1.29, 1.82) is 0 Å². The van der Waals surface area contributed by atoms with Gasteiger partial charge in [0.15, 0.2) is 5.58 Å². The van der Waals surface area contributed by atoms with Crippen LogP contribution in [0.5, 0.6) is 0 Å². The molecule has 3 heterocycles. The molecule has 3 aromatic rings.